The Hall–Kier alpha value is -1.26. The van der Waals surface area contributed by atoms with Gasteiger partial charge in [-0.25, -0.2) is 0 Å². The molecule has 0 amide bonds. The monoisotopic (exact) mass is 678 g/mol. The maximum absolute atomic E-state index is 6.38. The SMILES string of the molecule is CCN(CC)C(CCCNc1nc(Cl)nc(NCCCC(C2CC(C)(C)NC(C)(C)C2)N(CC)CC)n1)C1CC(C)(C)NC(C)(C)C1. The average molecular weight is 678 g/mol. The van der Waals surface area contributed by atoms with Crippen LogP contribution in [0.2, 0.25) is 5.28 Å². The van der Waals surface area contributed by atoms with E-state index in [0.717, 1.165) is 65.0 Å². The molecule has 2 unspecified atom stereocenters. The van der Waals surface area contributed by atoms with E-state index >= 15 is 0 Å². The van der Waals surface area contributed by atoms with E-state index in [1.165, 1.54) is 25.7 Å². The highest BCUT2D eigenvalue weighted by molar-refractivity contribution is 6.28. The molecule has 2 aliphatic heterocycles. The van der Waals surface area contributed by atoms with E-state index in [0.29, 0.717) is 35.8 Å². The topological polar surface area (TPSA) is 93.3 Å². The van der Waals surface area contributed by atoms with Crippen LogP contribution in [0.25, 0.3) is 0 Å². The van der Waals surface area contributed by atoms with Crippen LogP contribution in [0.3, 0.4) is 0 Å². The molecular weight excluding hydrogens is 606 g/mol. The van der Waals surface area contributed by atoms with Gasteiger partial charge in [0.15, 0.2) is 0 Å². The lowest BCUT2D eigenvalue weighted by Crippen LogP contribution is -2.60. The van der Waals surface area contributed by atoms with Gasteiger partial charge in [0.1, 0.15) is 0 Å². The summed E-state index contributed by atoms with van der Waals surface area (Å²) in [6, 6.07) is 1.13. The highest BCUT2D eigenvalue weighted by atomic mass is 35.5. The molecule has 9 nitrogen and oxygen atoms in total. The molecule has 272 valence electrons. The van der Waals surface area contributed by atoms with E-state index in [2.05, 4.69) is 124 Å². The molecule has 0 aliphatic carbocycles. The highest BCUT2D eigenvalue weighted by Gasteiger charge is 2.42. The van der Waals surface area contributed by atoms with Crippen molar-refractivity contribution in [1.29, 1.82) is 0 Å². The maximum atomic E-state index is 6.38. The van der Waals surface area contributed by atoms with Crippen molar-refractivity contribution in [1.82, 2.24) is 35.4 Å². The van der Waals surface area contributed by atoms with Gasteiger partial charge in [0.05, 0.1) is 0 Å². The number of nitrogens with zero attached hydrogens (tertiary/aromatic N) is 5. The van der Waals surface area contributed by atoms with Gasteiger partial charge in [-0.15, -0.1) is 0 Å². The van der Waals surface area contributed by atoms with E-state index in [1.54, 1.807) is 0 Å². The second-order valence-corrected chi connectivity index (χ2v) is 17.4. The van der Waals surface area contributed by atoms with E-state index in [1.807, 2.05) is 0 Å². The Morgan fingerprint density at radius 2 is 0.936 bits per heavy atom. The first-order chi connectivity index (χ1) is 21.9. The van der Waals surface area contributed by atoms with Crippen LogP contribution < -0.4 is 21.3 Å². The minimum Gasteiger partial charge on any atom is -0.354 e. The van der Waals surface area contributed by atoms with Crippen LogP contribution in [0.5, 0.6) is 0 Å². The Balaban J connectivity index is 1.56. The minimum absolute atomic E-state index is 0.147. The molecule has 2 atom stereocenters. The molecule has 3 rings (SSSR count). The van der Waals surface area contributed by atoms with E-state index < -0.39 is 0 Å². The zero-order valence-corrected chi connectivity index (χ0v) is 33.1. The first kappa shape index (κ1) is 40.2. The van der Waals surface area contributed by atoms with Gasteiger partial charge in [-0.2, -0.15) is 15.0 Å². The zero-order chi connectivity index (χ0) is 35.0. The second-order valence-electron chi connectivity index (χ2n) is 17.1. The number of nitrogens with one attached hydrogen (secondary N) is 4. The molecule has 0 aromatic carbocycles. The molecule has 47 heavy (non-hydrogen) atoms. The number of halogens is 1. The quantitative estimate of drug-likeness (QED) is 0.118. The molecule has 2 aliphatic rings. The largest absolute Gasteiger partial charge is 0.354 e. The lowest BCUT2D eigenvalue weighted by Gasteiger charge is -2.50. The minimum atomic E-state index is 0.147. The van der Waals surface area contributed by atoms with Gasteiger partial charge in [-0.05, 0) is 156 Å². The molecule has 2 saturated heterocycles. The van der Waals surface area contributed by atoms with Crippen molar-refractivity contribution >= 4 is 23.5 Å². The normalized spacial score (nSPS) is 22.4. The van der Waals surface area contributed by atoms with Gasteiger partial charge in [0, 0.05) is 47.3 Å². The summed E-state index contributed by atoms with van der Waals surface area (Å²) in [6.07, 6.45) is 9.20. The van der Waals surface area contributed by atoms with E-state index in [4.69, 9.17) is 16.6 Å². The van der Waals surface area contributed by atoms with Crippen LogP contribution >= 0.6 is 11.6 Å². The highest BCUT2D eigenvalue weighted by Crippen LogP contribution is 2.39. The van der Waals surface area contributed by atoms with Crippen LogP contribution in [-0.2, 0) is 0 Å². The lowest BCUT2D eigenvalue weighted by atomic mass is 9.71. The Bertz CT molecular complexity index is 971. The Labute approximate surface area is 294 Å². The number of piperidine rings is 2. The van der Waals surface area contributed by atoms with Crippen molar-refractivity contribution in [3.05, 3.63) is 5.28 Å². The van der Waals surface area contributed by atoms with Gasteiger partial charge < -0.3 is 31.1 Å². The second kappa shape index (κ2) is 17.1. The standard InChI is InChI=1S/C37H72ClN9/c1-13-46(14-2)29(27-23-34(5,6)44-35(7,8)24-27)19-17-21-39-32-41-31(38)42-33(43-32)40-22-18-20-30(47(15-3)16-4)28-25-36(9,10)45-37(11,12)26-28/h27-30,44-45H,13-26H2,1-12H3,(H2,39,40,41,42,43). The first-order valence-electron chi connectivity index (χ1n) is 18.9. The summed E-state index contributed by atoms with van der Waals surface area (Å²) in [5, 5.41) is 14.9. The molecule has 3 heterocycles. The Morgan fingerprint density at radius 1 is 0.617 bits per heavy atom. The fraction of sp³-hybridized carbons (Fsp3) is 0.919. The third-order valence-corrected chi connectivity index (χ3v) is 10.8. The number of rotatable bonds is 18. The fourth-order valence-electron chi connectivity index (χ4n) is 9.70. The molecule has 2 fully saturated rings. The van der Waals surface area contributed by atoms with Crippen LogP contribution in [0.1, 0.15) is 134 Å². The summed E-state index contributed by atoms with van der Waals surface area (Å²) in [6.45, 7) is 34.0. The van der Waals surface area contributed by atoms with Crippen LogP contribution in [0, 0.1) is 11.8 Å². The summed E-state index contributed by atoms with van der Waals surface area (Å²) >= 11 is 6.38. The van der Waals surface area contributed by atoms with Crippen molar-refractivity contribution in [2.24, 2.45) is 11.8 Å². The Morgan fingerprint density at radius 3 is 1.23 bits per heavy atom. The number of hydrogen-bond acceptors (Lipinski definition) is 9. The molecule has 4 N–H and O–H groups in total. The number of hydrogen-bond donors (Lipinski definition) is 4. The predicted molar refractivity (Wildman–Crippen MR) is 202 cm³/mol. The van der Waals surface area contributed by atoms with Gasteiger partial charge in [-0.3, -0.25) is 0 Å². The third-order valence-electron chi connectivity index (χ3n) is 10.6. The van der Waals surface area contributed by atoms with Gasteiger partial charge >= 0.3 is 0 Å². The fourth-order valence-corrected chi connectivity index (χ4v) is 9.86. The van der Waals surface area contributed by atoms with Crippen molar-refractivity contribution < 1.29 is 0 Å². The van der Waals surface area contributed by atoms with Crippen LogP contribution in [0.4, 0.5) is 11.9 Å². The summed E-state index contributed by atoms with van der Waals surface area (Å²) in [5.41, 5.74) is 0.590. The van der Waals surface area contributed by atoms with Crippen LogP contribution in [-0.4, -0.2) is 98.3 Å². The average Bonchev–Trinajstić information content (AvgIpc) is 2.93. The summed E-state index contributed by atoms with van der Waals surface area (Å²) < 4.78 is 0. The van der Waals surface area contributed by atoms with Gasteiger partial charge in [-0.1, -0.05) is 27.7 Å². The molecule has 10 heteroatoms. The summed E-state index contributed by atoms with van der Waals surface area (Å²) in [5.74, 6) is 2.43. The molecule has 0 saturated carbocycles. The van der Waals surface area contributed by atoms with E-state index in [-0.39, 0.29) is 27.4 Å². The molecule has 0 spiro atoms. The van der Waals surface area contributed by atoms with Crippen molar-refractivity contribution in [2.45, 2.75) is 169 Å². The number of anilines is 2. The zero-order valence-electron chi connectivity index (χ0n) is 32.3. The summed E-state index contributed by atoms with van der Waals surface area (Å²) in [7, 11) is 0. The first-order valence-corrected chi connectivity index (χ1v) is 19.3. The molecule has 1 aromatic heterocycles. The Kier molecular flexibility index (Phi) is 14.6. The lowest BCUT2D eigenvalue weighted by molar-refractivity contribution is 0.0511. The van der Waals surface area contributed by atoms with Gasteiger partial charge in [0.25, 0.3) is 0 Å². The maximum Gasteiger partial charge on any atom is 0.228 e. The molecule has 1 aromatic rings. The smallest absolute Gasteiger partial charge is 0.228 e. The van der Waals surface area contributed by atoms with Crippen LogP contribution in [0.15, 0.2) is 0 Å². The van der Waals surface area contributed by atoms with Crippen molar-refractivity contribution in [2.75, 3.05) is 49.9 Å². The summed E-state index contributed by atoms with van der Waals surface area (Å²) in [4.78, 5) is 18.8. The van der Waals surface area contributed by atoms with E-state index in [9.17, 15) is 0 Å². The third kappa shape index (κ3) is 12.5. The van der Waals surface area contributed by atoms with Crippen molar-refractivity contribution in [3.63, 3.8) is 0 Å². The van der Waals surface area contributed by atoms with Crippen molar-refractivity contribution in [3.8, 4) is 0 Å². The molecule has 0 bridgehead atoms. The predicted octanol–water partition coefficient (Wildman–Crippen LogP) is 7.44. The van der Waals surface area contributed by atoms with Gasteiger partial charge in [0.2, 0.25) is 17.2 Å². The molecular formula is C37H72ClN9. The molecule has 0 radical (unpaired) electrons. The number of aromatic nitrogens is 3.